The molecule has 0 amide bonds. The van der Waals surface area contributed by atoms with E-state index in [0.717, 1.165) is 34.4 Å². The summed E-state index contributed by atoms with van der Waals surface area (Å²) in [5, 5.41) is 18.3. The summed E-state index contributed by atoms with van der Waals surface area (Å²) in [5.74, 6) is 0. The van der Waals surface area contributed by atoms with E-state index in [2.05, 4.69) is 6.92 Å². The van der Waals surface area contributed by atoms with E-state index >= 15 is 0 Å². The van der Waals surface area contributed by atoms with Crippen LogP contribution >= 0.6 is 0 Å². The molecule has 0 saturated carbocycles. The minimum Gasteiger partial charge on any atom is -0.264 e. The maximum atomic E-state index is 9.45. The number of hydrogen-bond acceptors (Lipinski definition) is 4. The number of hydrogen-bond donors (Lipinski definition) is 4. The average molecular weight is 364 g/mol. The molecule has 0 saturated heterocycles. The molecule has 0 fully saturated rings. The molecule has 0 aliphatic carbocycles. The first-order chi connectivity index (χ1) is 10.7. The molecule has 0 aromatic heterocycles. The van der Waals surface area contributed by atoms with Gasteiger partial charge in [-0.1, -0.05) is 6.92 Å². The van der Waals surface area contributed by atoms with Crippen molar-refractivity contribution in [2.45, 2.75) is 86.8 Å². The molecule has 0 radical (unpaired) electrons. The molecule has 0 spiro atoms. The Labute approximate surface area is 159 Å². The Morgan fingerprint density at radius 1 is 0.870 bits per heavy atom. The first-order valence-electron chi connectivity index (χ1n) is 8.71. The van der Waals surface area contributed by atoms with Crippen LogP contribution in [0.15, 0.2) is 0 Å². The van der Waals surface area contributed by atoms with Crippen molar-refractivity contribution in [3.8, 4) is 0 Å². The fraction of sp³-hybridized carbons (Fsp3) is 1.00. The monoisotopic (exact) mass is 364 g/mol. The Balaban J connectivity index is 0. The first kappa shape index (κ1) is 26.0. The summed E-state index contributed by atoms with van der Waals surface area (Å²) in [6.45, 7) is 2.20. The van der Waals surface area contributed by atoms with Crippen molar-refractivity contribution in [1.82, 2.24) is 0 Å². The molecule has 2 unspecified atom stereocenters. The Hall–Kier alpha value is 0.790. The van der Waals surface area contributed by atoms with Crippen LogP contribution in [-0.2, 0) is 10.4 Å². The molecule has 2 atom stereocenters. The molecule has 0 bridgehead atoms. The van der Waals surface area contributed by atoms with Crippen molar-refractivity contribution in [3.05, 3.63) is 0 Å². The fourth-order valence-corrected chi connectivity index (χ4v) is 2.95. The molecule has 6 nitrogen and oxygen atoms in total. The number of unbranched alkanes of at least 4 members (excludes halogenated alkanes) is 9. The zero-order valence-electron chi connectivity index (χ0n) is 14.7. The standard InChI is InChI=1S/C15H31O2.Na.H2O4S/c1-2-3-4-5-6-7-8-9-10-11-12-13-15(17)14-16;;1-5(2,3)4/h13,15-17H,2-12,14H2,1H3;;(H2,1,2,3,4). The second-order valence-corrected chi connectivity index (χ2v) is 8.52. The summed E-state index contributed by atoms with van der Waals surface area (Å²) in [6, 6.07) is 0. The van der Waals surface area contributed by atoms with Crippen molar-refractivity contribution >= 4 is 38.3 Å². The molecule has 4 N–H and O–H groups in total. The van der Waals surface area contributed by atoms with E-state index in [1.807, 2.05) is 0 Å². The van der Waals surface area contributed by atoms with E-state index < -0.39 is 16.5 Å². The summed E-state index contributed by atoms with van der Waals surface area (Å²) in [5.41, 5.74) is 0. The molecule has 0 heterocycles. The molecular weight excluding hydrogens is 331 g/mol. The van der Waals surface area contributed by atoms with Crippen molar-refractivity contribution in [2.24, 2.45) is 0 Å². The zero-order valence-corrected chi connectivity index (χ0v) is 17.5. The Morgan fingerprint density at radius 3 is 1.57 bits per heavy atom. The Bertz CT molecular complexity index is 329. The SMILES string of the molecule is CCCCCCCCCCCC[CH]([Na])C(O)CO.O=S(=O)(O)O. The summed E-state index contributed by atoms with van der Waals surface area (Å²) in [6.07, 6.45) is 14.2. The minimum absolute atomic E-state index is 0.0636. The van der Waals surface area contributed by atoms with Gasteiger partial charge in [-0.3, -0.25) is 9.11 Å². The topological polar surface area (TPSA) is 115 Å². The van der Waals surface area contributed by atoms with E-state index in [1.54, 1.807) is 0 Å². The molecule has 8 heteroatoms. The van der Waals surface area contributed by atoms with Crippen molar-refractivity contribution in [3.63, 3.8) is 0 Å². The molecular formula is C15H33NaO6S. The predicted octanol–water partition coefficient (Wildman–Crippen LogP) is 2.95. The number of aliphatic hydroxyl groups excluding tert-OH is 2. The maximum absolute atomic E-state index is 9.45. The van der Waals surface area contributed by atoms with E-state index in [9.17, 15) is 5.11 Å². The molecule has 0 aromatic carbocycles. The van der Waals surface area contributed by atoms with Crippen LogP contribution < -0.4 is 0 Å². The summed E-state index contributed by atoms with van der Waals surface area (Å²) in [4.78, 5) is 0. The van der Waals surface area contributed by atoms with Crippen molar-refractivity contribution < 1.29 is 27.7 Å². The van der Waals surface area contributed by atoms with Gasteiger partial charge in [0.2, 0.25) is 0 Å². The van der Waals surface area contributed by atoms with E-state index in [4.69, 9.17) is 22.6 Å². The van der Waals surface area contributed by atoms with Gasteiger partial charge in [0, 0.05) is 0 Å². The van der Waals surface area contributed by atoms with Gasteiger partial charge < -0.3 is 0 Å². The number of rotatable bonds is 13. The van der Waals surface area contributed by atoms with Crippen molar-refractivity contribution in [2.75, 3.05) is 6.61 Å². The summed E-state index contributed by atoms with van der Waals surface area (Å²) < 4.78 is 32.0. The van der Waals surface area contributed by atoms with Gasteiger partial charge >= 0.3 is 135 Å². The average Bonchev–Trinajstić information content (AvgIpc) is 2.46. The maximum Gasteiger partial charge on any atom is 0.394 e. The largest absolute Gasteiger partial charge is 0.394 e. The minimum atomic E-state index is -4.67. The van der Waals surface area contributed by atoms with E-state index in [-0.39, 0.29) is 6.61 Å². The molecule has 23 heavy (non-hydrogen) atoms. The third-order valence-corrected chi connectivity index (χ3v) is 5.20. The van der Waals surface area contributed by atoms with Crippen LogP contribution in [0.1, 0.15) is 77.6 Å². The normalized spacial score (nSPS) is 14.0. The van der Waals surface area contributed by atoms with Crippen LogP contribution in [0.3, 0.4) is 0 Å². The van der Waals surface area contributed by atoms with Crippen LogP contribution in [-0.4, -0.2) is 68.4 Å². The van der Waals surface area contributed by atoms with E-state index in [1.165, 1.54) is 64.2 Å². The number of aliphatic hydroxyl groups is 2. The molecule has 0 aromatic rings. The van der Waals surface area contributed by atoms with Gasteiger partial charge in [0.25, 0.3) is 0 Å². The summed E-state index contributed by atoms with van der Waals surface area (Å²) in [7, 11) is -4.67. The zero-order chi connectivity index (χ0) is 18.1. The van der Waals surface area contributed by atoms with Gasteiger partial charge in [-0.25, -0.2) is 0 Å². The Kier molecular flexibility index (Phi) is 19.9. The van der Waals surface area contributed by atoms with Gasteiger partial charge in [-0.15, -0.1) is 0 Å². The van der Waals surface area contributed by atoms with E-state index in [0.29, 0.717) is 3.17 Å². The molecule has 0 aliphatic rings. The van der Waals surface area contributed by atoms with Gasteiger partial charge in [0.15, 0.2) is 0 Å². The third-order valence-electron chi connectivity index (χ3n) is 3.86. The second kappa shape index (κ2) is 17.6. The predicted molar refractivity (Wildman–Crippen MR) is 93.2 cm³/mol. The van der Waals surface area contributed by atoms with Gasteiger partial charge in [0.1, 0.15) is 0 Å². The van der Waals surface area contributed by atoms with Gasteiger partial charge in [0.05, 0.1) is 0 Å². The van der Waals surface area contributed by atoms with Crippen molar-refractivity contribution in [1.29, 1.82) is 0 Å². The van der Waals surface area contributed by atoms with Crippen LogP contribution in [0, 0.1) is 0 Å². The van der Waals surface area contributed by atoms with Gasteiger partial charge in [-0.05, 0) is 0 Å². The summed E-state index contributed by atoms with van der Waals surface area (Å²) >= 11 is 0.993. The van der Waals surface area contributed by atoms with Crippen LogP contribution in [0.2, 0.25) is 3.17 Å². The quantitative estimate of drug-likeness (QED) is 0.227. The Morgan fingerprint density at radius 2 is 1.22 bits per heavy atom. The fourth-order valence-electron chi connectivity index (χ4n) is 2.33. The first-order valence-corrected chi connectivity index (χ1v) is 11.3. The van der Waals surface area contributed by atoms with Crippen LogP contribution in [0.25, 0.3) is 0 Å². The smallest absolute Gasteiger partial charge is 0.264 e. The second-order valence-electron chi connectivity index (χ2n) is 6.15. The third kappa shape index (κ3) is 27.9. The van der Waals surface area contributed by atoms with Crippen LogP contribution in [0.5, 0.6) is 0 Å². The van der Waals surface area contributed by atoms with Gasteiger partial charge in [-0.2, -0.15) is 8.42 Å². The molecule has 0 aliphatic heterocycles. The van der Waals surface area contributed by atoms with Crippen LogP contribution in [0.4, 0.5) is 0 Å². The molecule has 136 valence electrons. The molecule has 0 rings (SSSR count).